The third-order valence-electron chi connectivity index (χ3n) is 3.80. The molecule has 4 heteroatoms. The molecule has 0 saturated heterocycles. The predicted molar refractivity (Wildman–Crippen MR) is 75.7 cm³/mol. The molecule has 0 aliphatic heterocycles. The molecule has 0 bridgehead atoms. The Hall–Kier alpha value is -0.870. The van der Waals surface area contributed by atoms with Gasteiger partial charge < -0.3 is 10.6 Å². The van der Waals surface area contributed by atoms with Gasteiger partial charge in [0.05, 0.1) is 0 Å². The van der Waals surface area contributed by atoms with E-state index < -0.39 is 0 Å². The van der Waals surface area contributed by atoms with Crippen molar-refractivity contribution in [2.75, 3.05) is 13.6 Å². The van der Waals surface area contributed by atoms with Crippen molar-refractivity contribution in [2.45, 2.75) is 44.1 Å². The van der Waals surface area contributed by atoms with E-state index >= 15 is 0 Å². The Balaban J connectivity index is 1.77. The summed E-state index contributed by atoms with van der Waals surface area (Å²) in [7, 11) is 1.88. The smallest absolute Gasteiger partial charge is 0.224 e. The van der Waals surface area contributed by atoms with Gasteiger partial charge in [0.2, 0.25) is 5.91 Å². The summed E-state index contributed by atoms with van der Waals surface area (Å²) in [6.45, 7) is 0.787. The highest BCUT2D eigenvalue weighted by Gasteiger charge is 2.32. The van der Waals surface area contributed by atoms with Crippen LogP contribution < -0.4 is 5.73 Å². The predicted octanol–water partition coefficient (Wildman–Crippen LogP) is 2.41. The molecule has 3 nitrogen and oxygen atoms in total. The molecule has 0 atom stereocenters. The summed E-state index contributed by atoms with van der Waals surface area (Å²) in [5, 5.41) is 2.07. The van der Waals surface area contributed by atoms with E-state index in [0.717, 1.165) is 25.8 Å². The molecule has 18 heavy (non-hydrogen) atoms. The molecule has 0 unspecified atom stereocenters. The van der Waals surface area contributed by atoms with Crippen molar-refractivity contribution in [3.8, 4) is 0 Å². The van der Waals surface area contributed by atoms with Crippen molar-refractivity contribution in [1.82, 2.24) is 4.90 Å². The van der Waals surface area contributed by atoms with Gasteiger partial charge in [0.15, 0.2) is 0 Å². The number of rotatable bonds is 5. The van der Waals surface area contributed by atoms with Gasteiger partial charge in [-0.25, -0.2) is 0 Å². The number of nitrogens with zero attached hydrogens (tertiary/aromatic N) is 1. The SMILES string of the molecule is CN(CCc1cccs1)C(=O)CC1(N)CCCC1. The zero-order chi connectivity index (χ0) is 13.0. The van der Waals surface area contributed by atoms with Crippen LogP contribution in [0, 0.1) is 0 Å². The molecule has 2 rings (SSSR count). The Labute approximate surface area is 113 Å². The normalized spacial score (nSPS) is 17.9. The van der Waals surface area contributed by atoms with Crippen molar-refractivity contribution in [2.24, 2.45) is 5.73 Å². The first kappa shape index (κ1) is 13.6. The first-order chi connectivity index (χ1) is 8.59. The maximum atomic E-state index is 12.1. The molecule has 0 aromatic carbocycles. The average Bonchev–Trinajstić information content (AvgIpc) is 2.97. The number of carbonyl (C=O) groups excluding carboxylic acids is 1. The monoisotopic (exact) mass is 266 g/mol. The van der Waals surface area contributed by atoms with E-state index in [-0.39, 0.29) is 11.4 Å². The molecule has 1 aliphatic rings. The van der Waals surface area contributed by atoms with Crippen LogP contribution in [0.2, 0.25) is 0 Å². The van der Waals surface area contributed by atoms with E-state index in [4.69, 9.17) is 5.73 Å². The van der Waals surface area contributed by atoms with Gasteiger partial charge in [0.1, 0.15) is 0 Å². The molecule has 1 aromatic heterocycles. The van der Waals surface area contributed by atoms with Gasteiger partial charge in [-0.3, -0.25) is 4.79 Å². The molecule has 0 spiro atoms. The van der Waals surface area contributed by atoms with Gasteiger partial charge in [0, 0.05) is 30.4 Å². The first-order valence-corrected chi connectivity index (χ1v) is 7.52. The number of hydrogen-bond donors (Lipinski definition) is 1. The zero-order valence-electron chi connectivity index (χ0n) is 11.0. The van der Waals surface area contributed by atoms with Crippen molar-refractivity contribution in [1.29, 1.82) is 0 Å². The van der Waals surface area contributed by atoms with E-state index in [2.05, 4.69) is 17.5 Å². The lowest BCUT2D eigenvalue weighted by atomic mass is 9.94. The third-order valence-corrected chi connectivity index (χ3v) is 4.74. The molecule has 1 fully saturated rings. The molecule has 2 N–H and O–H groups in total. The van der Waals surface area contributed by atoms with E-state index in [0.29, 0.717) is 6.42 Å². The largest absolute Gasteiger partial charge is 0.345 e. The van der Waals surface area contributed by atoms with Crippen LogP contribution in [0.3, 0.4) is 0 Å². The fraction of sp³-hybridized carbons (Fsp3) is 0.643. The summed E-state index contributed by atoms with van der Waals surface area (Å²) in [5.41, 5.74) is 6.02. The van der Waals surface area contributed by atoms with Gasteiger partial charge in [0.25, 0.3) is 0 Å². The van der Waals surface area contributed by atoms with Crippen LogP contribution in [0.5, 0.6) is 0 Å². The minimum atomic E-state index is -0.228. The second kappa shape index (κ2) is 5.85. The summed E-state index contributed by atoms with van der Waals surface area (Å²) in [6, 6.07) is 4.17. The Morgan fingerprint density at radius 2 is 2.22 bits per heavy atom. The topological polar surface area (TPSA) is 46.3 Å². The number of hydrogen-bond acceptors (Lipinski definition) is 3. The summed E-state index contributed by atoms with van der Waals surface area (Å²) in [4.78, 5) is 15.3. The average molecular weight is 266 g/mol. The standard InChI is InChI=1S/C14H22N2OS/c1-16(9-6-12-5-4-10-18-12)13(17)11-14(15)7-2-3-8-14/h4-5,10H,2-3,6-9,11,15H2,1H3. The van der Waals surface area contributed by atoms with Crippen molar-refractivity contribution in [3.05, 3.63) is 22.4 Å². The van der Waals surface area contributed by atoms with Crippen LogP contribution in [0.1, 0.15) is 37.0 Å². The minimum Gasteiger partial charge on any atom is -0.345 e. The minimum absolute atomic E-state index is 0.191. The molecule has 0 radical (unpaired) electrons. The number of thiophene rings is 1. The van der Waals surface area contributed by atoms with Crippen LogP contribution >= 0.6 is 11.3 Å². The number of amides is 1. The Kier molecular flexibility index (Phi) is 4.40. The van der Waals surface area contributed by atoms with Gasteiger partial charge in [-0.1, -0.05) is 18.9 Å². The molecule has 1 aromatic rings. The molecule has 1 heterocycles. The zero-order valence-corrected chi connectivity index (χ0v) is 11.8. The molecule has 1 saturated carbocycles. The summed E-state index contributed by atoms with van der Waals surface area (Å²) in [6.07, 6.45) is 5.78. The van der Waals surface area contributed by atoms with E-state index in [1.807, 2.05) is 11.9 Å². The van der Waals surface area contributed by atoms with Crippen LogP contribution in [0.4, 0.5) is 0 Å². The number of likely N-dealkylation sites (N-methyl/N-ethyl adjacent to an activating group) is 1. The van der Waals surface area contributed by atoms with Crippen molar-refractivity contribution in [3.63, 3.8) is 0 Å². The quantitative estimate of drug-likeness (QED) is 0.889. The van der Waals surface area contributed by atoms with Gasteiger partial charge in [-0.15, -0.1) is 11.3 Å². The highest BCUT2D eigenvalue weighted by Crippen LogP contribution is 2.30. The maximum absolute atomic E-state index is 12.1. The lowest BCUT2D eigenvalue weighted by Crippen LogP contribution is -2.43. The van der Waals surface area contributed by atoms with Gasteiger partial charge in [-0.05, 0) is 30.7 Å². The molecular formula is C14H22N2OS. The summed E-state index contributed by atoms with van der Waals surface area (Å²) in [5.74, 6) is 0.191. The highest BCUT2D eigenvalue weighted by atomic mass is 32.1. The Morgan fingerprint density at radius 1 is 1.50 bits per heavy atom. The fourth-order valence-electron chi connectivity index (χ4n) is 2.55. The summed E-state index contributed by atoms with van der Waals surface area (Å²) >= 11 is 1.75. The summed E-state index contributed by atoms with van der Waals surface area (Å²) < 4.78 is 0. The number of carbonyl (C=O) groups is 1. The second-order valence-electron chi connectivity index (χ2n) is 5.39. The van der Waals surface area contributed by atoms with Gasteiger partial charge in [-0.2, -0.15) is 0 Å². The lowest BCUT2D eigenvalue weighted by Gasteiger charge is -2.26. The molecule has 1 amide bonds. The second-order valence-corrected chi connectivity index (χ2v) is 6.42. The van der Waals surface area contributed by atoms with Crippen LogP contribution in [0.15, 0.2) is 17.5 Å². The lowest BCUT2D eigenvalue weighted by molar-refractivity contribution is -0.131. The fourth-order valence-corrected chi connectivity index (χ4v) is 3.25. The number of nitrogens with two attached hydrogens (primary N) is 1. The van der Waals surface area contributed by atoms with Crippen molar-refractivity contribution < 1.29 is 4.79 Å². The first-order valence-electron chi connectivity index (χ1n) is 6.64. The van der Waals surface area contributed by atoms with Crippen LogP contribution in [-0.4, -0.2) is 29.9 Å². The Bertz CT molecular complexity index is 383. The van der Waals surface area contributed by atoms with Crippen molar-refractivity contribution >= 4 is 17.2 Å². The molecule has 100 valence electrons. The Morgan fingerprint density at radius 3 is 2.83 bits per heavy atom. The van der Waals surface area contributed by atoms with Crippen LogP contribution in [-0.2, 0) is 11.2 Å². The molecule has 1 aliphatic carbocycles. The van der Waals surface area contributed by atoms with E-state index in [1.54, 1.807) is 11.3 Å². The molecular weight excluding hydrogens is 244 g/mol. The van der Waals surface area contributed by atoms with Crippen LogP contribution in [0.25, 0.3) is 0 Å². The van der Waals surface area contributed by atoms with Gasteiger partial charge >= 0.3 is 0 Å². The highest BCUT2D eigenvalue weighted by molar-refractivity contribution is 7.09. The van der Waals surface area contributed by atoms with E-state index in [9.17, 15) is 4.79 Å². The maximum Gasteiger partial charge on any atom is 0.224 e. The van der Waals surface area contributed by atoms with E-state index in [1.165, 1.54) is 17.7 Å². The third kappa shape index (κ3) is 3.56.